The van der Waals surface area contributed by atoms with Gasteiger partial charge in [-0.2, -0.15) is 0 Å². The molecule has 1 atom stereocenters. The lowest BCUT2D eigenvalue weighted by Gasteiger charge is -2.12. The van der Waals surface area contributed by atoms with Gasteiger partial charge in [0.1, 0.15) is 0 Å². The van der Waals surface area contributed by atoms with Crippen LogP contribution in [-0.2, 0) is 11.3 Å². The van der Waals surface area contributed by atoms with Crippen molar-refractivity contribution in [2.75, 3.05) is 6.54 Å². The predicted molar refractivity (Wildman–Crippen MR) is 69.8 cm³/mol. The van der Waals surface area contributed by atoms with Crippen molar-refractivity contribution in [1.82, 2.24) is 5.32 Å². The number of hydrogen-bond donors (Lipinski definition) is 2. The fourth-order valence-electron chi connectivity index (χ4n) is 1.43. The zero-order chi connectivity index (χ0) is 14.4. The molecule has 104 valence electrons. The number of carbonyl (C=O) groups excluding carboxylic acids is 1. The lowest BCUT2D eigenvalue weighted by atomic mass is 10.2. The Hall–Kier alpha value is -2.15. The Morgan fingerprint density at radius 1 is 1.58 bits per heavy atom. The van der Waals surface area contributed by atoms with Crippen LogP contribution in [0.4, 0.5) is 5.69 Å². The maximum atomic E-state index is 11.0. The number of nitrogens with two attached hydrogens (primary N) is 1. The predicted octanol–water partition coefficient (Wildman–Crippen LogP) is 0.957. The molecule has 1 aromatic carbocycles. The molecule has 1 aromatic rings. The Labute approximate surface area is 110 Å². The van der Waals surface area contributed by atoms with E-state index in [1.54, 1.807) is 12.1 Å². The van der Waals surface area contributed by atoms with E-state index in [1.165, 1.54) is 13.0 Å². The molecule has 0 aliphatic carbocycles. The number of nitro groups is 1. The standard InChI is InChI=1S/C12H17N3O4/c1-3-14-7-9-4-5-10(15(17)18)11(6-9)19-8(2)12(13)16/h4-6,8,14H,3,7H2,1-2H3,(H2,13,16). The fourth-order valence-corrected chi connectivity index (χ4v) is 1.43. The van der Waals surface area contributed by atoms with E-state index in [9.17, 15) is 14.9 Å². The molecule has 1 rings (SSSR count). The van der Waals surface area contributed by atoms with E-state index in [0.29, 0.717) is 6.54 Å². The minimum absolute atomic E-state index is 0.0479. The van der Waals surface area contributed by atoms with E-state index in [2.05, 4.69) is 5.32 Å². The quantitative estimate of drug-likeness (QED) is 0.565. The number of nitrogens with one attached hydrogen (secondary N) is 1. The van der Waals surface area contributed by atoms with Gasteiger partial charge in [0, 0.05) is 12.6 Å². The van der Waals surface area contributed by atoms with Crippen LogP contribution < -0.4 is 15.8 Å². The number of rotatable bonds is 7. The van der Waals surface area contributed by atoms with Crippen LogP contribution in [0.15, 0.2) is 18.2 Å². The van der Waals surface area contributed by atoms with Gasteiger partial charge in [-0.3, -0.25) is 14.9 Å². The van der Waals surface area contributed by atoms with Gasteiger partial charge in [0.2, 0.25) is 0 Å². The number of amides is 1. The largest absolute Gasteiger partial charge is 0.474 e. The highest BCUT2D eigenvalue weighted by Gasteiger charge is 2.20. The smallest absolute Gasteiger partial charge is 0.310 e. The summed E-state index contributed by atoms with van der Waals surface area (Å²) in [7, 11) is 0. The summed E-state index contributed by atoms with van der Waals surface area (Å²) in [6, 6.07) is 4.54. The lowest BCUT2D eigenvalue weighted by Crippen LogP contribution is -2.30. The zero-order valence-electron chi connectivity index (χ0n) is 10.9. The van der Waals surface area contributed by atoms with Crippen LogP contribution >= 0.6 is 0 Å². The van der Waals surface area contributed by atoms with Gasteiger partial charge in [-0.25, -0.2) is 0 Å². The van der Waals surface area contributed by atoms with Gasteiger partial charge in [0.15, 0.2) is 11.9 Å². The molecule has 7 heteroatoms. The Morgan fingerprint density at radius 2 is 2.26 bits per heavy atom. The summed E-state index contributed by atoms with van der Waals surface area (Å²) in [6.45, 7) is 4.75. The van der Waals surface area contributed by atoms with Crippen molar-refractivity contribution in [3.05, 3.63) is 33.9 Å². The average molecular weight is 267 g/mol. The van der Waals surface area contributed by atoms with Crippen molar-refractivity contribution >= 4 is 11.6 Å². The highest BCUT2D eigenvalue weighted by Crippen LogP contribution is 2.28. The van der Waals surface area contributed by atoms with E-state index in [0.717, 1.165) is 12.1 Å². The van der Waals surface area contributed by atoms with E-state index in [1.807, 2.05) is 6.92 Å². The van der Waals surface area contributed by atoms with Gasteiger partial charge in [-0.05, 0) is 25.1 Å². The van der Waals surface area contributed by atoms with Gasteiger partial charge < -0.3 is 15.8 Å². The summed E-state index contributed by atoms with van der Waals surface area (Å²) < 4.78 is 5.24. The third-order valence-electron chi connectivity index (χ3n) is 2.50. The molecule has 7 nitrogen and oxygen atoms in total. The van der Waals surface area contributed by atoms with E-state index >= 15 is 0 Å². The normalized spacial score (nSPS) is 11.9. The number of carbonyl (C=O) groups is 1. The second-order valence-corrected chi connectivity index (χ2v) is 4.00. The second kappa shape index (κ2) is 6.69. The van der Waals surface area contributed by atoms with Crippen LogP contribution in [0.3, 0.4) is 0 Å². The maximum Gasteiger partial charge on any atom is 0.310 e. The number of hydrogen-bond acceptors (Lipinski definition) is 5. The van der Waals surface area contributed by atoms with Gasteiger partial charge in [0.05, 0.1) is 4.92 Å². The summed E-state index contributed by atoms with van der Waals surface area (Å²) >= 11 is 0. The van der Waals surface area contributed by atoms with Crippen LogP contribution in [0.1, 0.15) is 19.4 Å². The van der Waals surface area contributed by atoms with Crippen LogP contribution in [-0.4, -0.2) is 23.5 Å². The number of nitro benzene ring substituents is 1. The van der Waals surface area contributed by atoms with Crippen molar-refractivity contribution in [2.24, 2.45) is 5.73 Å². The van der Waals surface area contributed by atoms with E-state index in [4.69, 9.17) is 10.5 Å². The third kappa shape index (κ3) is 4.22. The Bertz CT molecular complexity index is 476. The molecule has 0 radical (unpaired) electrons. The summed E-state index contributed by atoms with van der Waals surface area (Å²) in [4.78, 5) is 21.3. The second-order valence-electron chi connectivity index (χ2n) is 4.00. The zero-order valence-corrected chi connectivity index (χ0v) is 10.9. The van der Waals surface area contributed by atoms with E-state index in [-0.39, 0.29) is 11.4 Å². The Morgan fingerprint density at radius 3 is 2.79 bits per heavy atom. The minimum Gasteiger partial charge on any atom is -0.474 e. The fraction of sp³-hybridized carbons (Fsp3) is 0.417. The SMILES string of the molecule is CCNCc1ccc([N+](=O)[O-])c(OC(C)C(N)=O)c1. The summed E-state index contributed by atoms with van der Waals surface area (Å²) in [5.74, 6) is -0.627. The third-order valence-corrected chi connectivity index (χ3v) is 2.50. The van der Waals surface area contributed by atoms with Gasteiger partial charge in [-0.1, -0.05) is 13.0 Å². The molecule has 0 aliphatic heterocycles. The first-order valence-electron chi connectivity index (χ1n) is 5.89. The lowest BCUT2D eigenvalue weighted by molar-refractivity contribution is -0.386. The van der Waals surface area contributed by atoms with Crippen molar-refractivity contribution in [2.45, 2.75) is 26.5 Å². The highest BCUT2D eigenvalue weighted by molar-refractivity contribution is 5.78. The molecule has 1 amide bonds. The molecule has 1 unspecified atom stereocenters. The Balaban J connectivity index is 3.01. The highest BCUT2D eigenvalue weighted by atomic mass is 16.6. The van der Waals surface area contributed by atoms with Gasteiger partial charge in [0.25, 0.3) is 5.91 Å². The molecule has 0 aliphatic rings. The van der Waals surface area contributed by atoms with Crippen molar-refractivity contribution in [1.29, 1.82) is 0 Å². The number of nitrogens with zero attached hydrogens (tertiary/aromatic N) is 1. The molecule has 0 fully saturated rings. The molecule has 0 spiro atoms. The molecule has 3 N–H and O–H groups in total. The molecule has 0 aromatic heterocycles. The van der Waals surface area contributed by atoms with Crippen LogP contribution in [0.2, 0.25) is 0 Å². The number of benzene rings is 1. The molecular formula is C12H17N3O4. The number of primary amides is 1. The average Bonchev–Trinajstić information content (AvgIpc) is 2.36. The van der Waals surface area contributed by atoms with Crippen LogP contribution in [0.25, 0.3) is 0 Å². The van der Waals surface area contributed by atoms with Crippen LogP contribution in [0.5, 0.6) is 5.75 Å². The summed E-state index contributed by atoms with van der Waals surface area (Å²) in [5, 5.41) is 14.0. The minimum atomic E-state index is -0.923. The molecular weight excluding hydrogens is 250 g/mol. The molecule has 0 saturated heterocycles. The topological polar surface area (TPSA) is 107 Å². The maximum absolute atomic E-state index is 11.0. The van der Waals surface area contributed by atoms with Gasteiger partial charge in [-0.15, -0.1) is 0 Å². The van der Waals surface area contributed by atoms with Crippen molar-refractivity contribution in [3.63, 3.8) is 0 Å². The number of ether oxygens (including phenoxy) is 1. The van der Waals surface area contributed by atoms with E-state index < -0.39 is 16.9 Å². The van der Waals surface area contributed by atoms with Crippen molar-refractivity contribution < 1.29 is 14.5 Å². The monoisotopic (exact) mass is 267 g/mol. The molecule has 0 saturated carbocycles. The Kier molecular flexibility index (Phi) is 5.25. The first-order valence-corrected chi connectivity index (χ1v) is 5.89. The summed E-state index contributed by atoms with van der Waals surface area (Å²) in [5.41, 5.74) is 5.73. The summed E-state index contributed by atoms with van der Waals surface area (Å²) in [6.07, 6.45) is -0.923. The first-order chi connectivity index (χ1) is 8.95. The van der Waals surface area contributed by atoms with Gasteiger partial charge >= 0.3 is 5.69 Å². The molecule has 19 heavy (non-hydrogen) atoms. The van der Waals surface area contributed by atoms with Crippen molar-refractivity contribution in [3.8, 4) is 5.75 Å². The molecule has 0 bridgehead atoms. The molecule has 0 heterocycles. The first kappa shape index (κ1) is 14.9. The van der Waals surface area contributed by atoms with Crippen LogP contribution in [0, 0.1) is 10.1 Å².